The van der Waals surface area contributed by atoms with Crippen molar-refractivity contribution in [2.24, 2.45) is 11.7 Å². The molecule has 3 nitrogen and oxygen atoms in total. The second-order valence-electron chi connectivity index (χ2n) is 7.30. The number of nitrogens with zero attached hydrogens (tertiary/aromatic N) is 1. The topological polar surface area (TPSA) is 46.3 Å². The van der Waals surface area contributed by atoms with Gasteiger partial charge in [-0.25, -0.2) is 0 Å². The maximum atomic E-state index is 13.0. The van der Waals surface area contributed by atoms with Crippen molar-refractivity contribution in [3.63, 3.8) is 0 Å². The Bertz CT molecular complexity index is 871. The van der Waals surface area contributed by atoms with E-state index in [4.69, 9.17) is 52.1 Å². The number of halogens is 4. The van der Waals surface area contributed by atoms with Crippen LogP contribution in [-0.2, 0) is 6.42 Å². The molecule has 2 N–H and O–H groups in total. The van der Waals surface area contributed by atoms with Crippen LogP contribution < -0.4 is 5.73 Å². The lowest BCUT2D eigenvalue weighted by atomic mass is 9.82. The summed E-state index contributed by atoms with van der Waals surface area (Å²) in [6, 6.07) is 10.9. The average Bonchev–Trinajstić information content (AvgIpc) is 2.66. The summed E-state index contributed by atoms with van der Waals surface area (Å²) in [5, 5.41) is 1.91. The quantitative estimate of drug-likeness (QED) is 0.548. The van der Waals surface area contributed by atoms with E-state index in [0.29, 0.717) is 25.7 Å². The first-order valence-electron chi connectivity index (χ1n) is 9.20. The molecule has 0 amide bonds. The van der Waals surface area contributed by atoms with E-state index in [1.807, 2.05) is 19.1 Å². The predicted molar refractivity (Wildman–Crippen MR) is 118 cm³/mol. The number of ketones is 1. The highest BCUT2D eigenvalue weighted by Crippen LogP contribution is 2.32. The Kier molecular flexibility index (Phi) is 7.30. The summed E-state index contributed by atoms with van der Waals surface area (Å²) in [5.74, 6) is 0.0158. The van der Waals surface area contributed by atoms with E-state index in [1.54, 1.807) is 24.3 Å². The molecule has 1 heterocycles. The second-order valence-corrected chi connectivity index (χ2v) is 8.93. The van der Waals surface area contributed by atoms with E-state index < -0.39 is 0 Å². The lowest BCUT2D eigenvalue weighted by Crippen LogP contribution is -2.52. The summed E-state index contributed by atoms with van der Waals surface area (Å²) in [6.07, 6.45) is 2.15. The van der Waals surface area contributed by atoms with Crippen LogP contribution in [-0.4, -0.2) is 29.4 Å². The van der Waals surface area contributed by atoms with Crippen LogP contribution in [0.1, 0.15) is 35.7 Å². The number of likely N-dealkylation sites (tertiary alicyclic amines) is 1. The smallest absolute Gasteiger partial charge is 0.166 e. The number of carbonyl (C=O) groups excluding carboxylic acids is 1. The van der Waals surface area contributed by atoms with Crippen LogP contribution in [0.25, 0.3) is 0 Å². The SMILES string of the molecule is CC(N)N1CCC(C(=O)c2ccc(Cl)c(Cl)c2)CC1Cc1ccc(Cl)c(Cl)c1. The van der Waals surface area contributed by atoms with Crippen molar-refractivity contribution >= 4 is 52.2 Å². The van der Waals surface area contributed by atoms with Gasteiger partial charge in [0.2, 0.25) is 0 Å². The van der Waals surface area contributed by atoms with E-state index in [1.165, 1.54) is 0 Å². The van der Waals surface area contributed by atoms with Gasteiger partial charge in [0.05, 0.1) is 26.3 Å². The molecule has 150 valence electrons. The molecule has 0 spiro atoms. The van der Waals surface area contributed by atoms with Crippen molar-refractivity contribution < 1.29 is 4.79 Å². The fourth-order valence-corrected chi connectivity index (χ4v) is 4.49. The largest absolute Gasteiger partial charge is 0.316 e. The van der Waals surface area contributed by atoms with Gasteiger partial charge in [-0.3, -0.25) is 9.69 Å². The summed E-state index contributed by atoms with van der Waals surface area (Å²) >= 11 is 24.3. The van der Waals surface area contributed by atoms with Crippen LogP contribution in [0, 0.1) is 5.92 Å². The van der Waals surface area contributed by atoms with Crippen LogP contribution in [0.4, 0.5) is 0 Å². The molecule has 3 unspecified atom stereocenters. The van der Waals surface area contributed by atoms with Crippen LogP contribution in [0.2, 0.25) is 20.1 Å². The molecule has 3 atom stereocenters. The zero-order chi connectivity index (χ0) is 20.4. The normalized spacial score (nSPS) is 21.5. The maximum absolute atomic E-state index is 13.0. The fraction of sp³-hybridized carbons (Fsp3) is 0.381. The van der Waals surface area contributed by atoms with E-state index >= 15 is 0 Å². The van der Waals surface area contributed by atoms with Gasteiger partial charge in [0.1, 0.15) is 0 Å². The number of hydrogen-bond acceptors (Lipinski definition) is 3. The molecule has 28 heavy (non-hydrogen) atoms. The standard InChI is InChI=1S/C21H22Cl4N2O/c1-12(26)27-7-6-15(21(28)14-3-5-18(23)20(25)11-14)10-16(27)8-13-2-4-17(22)19(24)9-13/h2-5,9,11-12,15-16H,6-8,10,26H2,1H3. The molecule has 1 aliphatic rings. The zero-order valence-corrected chi connectivity index (χ0v) is 18.5. The lowest BCUT2D eigenvalue weighted by molar-refractivity contribution is 0.0604. The van der Waals surface area contributed by atoms with Gasteiger partial charge < -0.3 is 5.73 Å². The Morgan fingerprint density at radius 2 is 1.71 bits per heavy atom. The van der Waals surface area contributed by atoms with Crippen LogP contribution >= 0.6 is 46.4 Å². The highest BCUT2D eigenvalue weighted by molar-refractivity contribution is 6.42. The van der Waals surface area contributed by atoms with Crippen molar-refractivity contribution in [3.8, 4) is 0 Å². The monoisotopic (exact) mass is 458 g/mol. The van der Waals surface area contributed by atoms with Crippen LogP contribution in [0.5, 0.6) is 0 Å². The summed E-state index contributed by atoms with van der Waals surface area (Å²) in [4.78, 5) is 15.3. The first-order valence-corrected chi connectivity index (χ1v) is 10.7. The Morgan fingerprint density at radius 1 is 1.07 bits per heavy atom. The van der Waals surface area contributed by atoms with E-state index in [-0.39, 0.29) is 23.9 Å². The van der Waals surface area contributed by atoms with Crippen molar-refractivity contribution in [2.45, 2.75) is 38.4 Å². The number of rotatable bonds is 5. The minimum absolute atomic E-state index is 0.0833. The van der Waals surface area contributed by atoms with Crippen molar-refractivity contribution in [2.75, 3.05) is 6.54 Å². The number of benzene rings is 2. The fourth-order valence-electron chi connectivity index (χ4n) is 3.87. The van der Waals surface area contributed by atoms with E-state index in [9.17, 15) is 4.79 Å². The summed E-state index contributed by atoms with van der Waals surface area (Å²) in [5.41, 5.74) is 7.87. The van der Waals surface area contributed by atoms with E-state index in [0.717, 1.165) is 31.4 Å². The molecular formula is C21H22Cl4N2O. The first-order chi connectivity index (χ1) is 13.3. The third-order valence-corrected chi connectivity index (χ3v) is 6.79. The third kappa shape index (κ3) is 5.02. The Labute approximate surface area is 185 Å². The molecule has 0 saturated carbocycles. The van der Waals surface area contributed by atoms with Crippen LogP contribution in [0.3, 0.4) is 0 Å². The van der Waals surface area contributed by atoms with Gasteiger partial charge in [0.15, 0.2) is 5.78 Å². The highest BCUT2D eigenvalue weighted by Gasteiger charge is 2.34. The van der Waals surface area contributed by atoms with Gasteiger partial charge in [-0.2, -0.15) is 0 Å². The van der Waals surface area contributed by atoms with Crippen molar-refractivity contribution in [3.05, 3.63) is 67.6 Å². The van der Waals surface area contributed by atoms with Gasteiger partial charge in [0.25, 0.3) is 0 Å². The number of Topliss-reactive ketones (excluding diaryl/α,β-unsaturated/α-hetero) is 1. The van der Waals surface area contributed by atoms with Gasteiger partial charge in [-0.1, -0.05) is 52.5 Å². The molecule has 1 fully saturated rings. The Morgan fingerprint density at radius 3 is 2.32 bits per heavy atom. The average molecular weight is 460 g/mol. The molecule has 0 radical (unpaired) electrons. The zero-order valence-electron chi connectivity index (χ0n) is 15.5. The predicted octanol–water partition coefficient (Wildman–Crippen LogP) is 6.11. The maximum Gasteiger partial charge on any atom is 0.166 e. The minimum Gasteiger partial charge on any atom is -0.316 e. The molecule has 1 saturated heterocycles. The van der Waals surface area contributed by atoms with Gasteiger partial charge in [-0.15, -0.1) is 0 Å². The van der Waals surface area contributed by atoms with E-state index in [2.05, 4.69) is 4.90 Å². The lowest BCUT2D eigenvalue weighted by Gasteiger charge is -2.41. The number of piperidine rings is 1. The molecular weight excluding hydrogens is 438 g/mol. The molecule has 0 bridgehead atoms. The van der Waals surface area contributed by atoms with Gasteiger partial charge in [-0.05, 0) is 62.1 Å². The number of nitrogens with two attached hydrogens (primary N) is 1. The second kappa shape index (κ2) is 9.34. The highest BCUT2D eigenvalue weighted by atomic mass is 35.5. The molecule has 2 aromatic rings. The summed E-state index contributed by atoms with van der Waals surface area (Å²) in [7, 11) is 0. The molecule has 0 aromatic heterocycles. The Hall–Kier alpha value is -0.810. The molecule has 3 rings (SSSR count). The Balaban J connectivity index is 1.79. The summed E-state index contributed by atoms with van der Waals surface area (Å²) in [6.45, 7) is 2.74. The van der Waals surface area contributed by atoms with Crippen molar-refractivity contribution in [1.29, 1.82) is 0 Å². The minimum atomic E-state index is -0.0891. The molecule has 0 aliphatic carbocycles. The van der Waals surface area contributed by atoms with Gasteiger partial charge in [0, 0.05) is 24.1 Å². The molecule has 2 aromatic carbocycles. The number of carbonyl (C=O) groups is 1. The molecule has 1 aliphatic heterocycles. The van der Waals surface area contributed by atoms with Crippen molar-refractivity contribution in [1.82, 2.24) is 4.90 Å². The van der Waals surface area contributed by atoms with Gasteiger partial charge >= 0.3 is 0 Å². The summed E-state index contributed by atoms with van der Waals surface area (Å²) < 4.78 is 0. The van der Waals surface area contributed by atoms with Crippen LogP contribution in [0.15, 0.2) is 36.4 Å². The molecule has 7 heteroatoms. The first kappa shape index (κ1) is 21.9. The third-order valence-electron chi connectivity index (χ3n) is 5.31. The number of hydrogen-bond donors (Lipinski definition) is 1.